The number of nitrogens with zero attached hydrogens (tertiary/aromatic N) is 1. The molecule has 1 aliphatic rings. The minimum Gasteiger partial charge on any atom is -0.508 e. The van der Waals surface area contributed by atoms with Crippen molar-refractivity contribution in [1.82, 2.24) is 4.90 Å². The second-order valence-corrected chi connectivity index (χ2v) is 6.72. The number of amides is 1. The third kappa shape index (κ3) is 3.05. The van der Waals surface area contributed by atoms with Gasteiger partial charge in [-0.3, -0.25) is 9.59 Å². The van der Waals surface area contributed by atoms with Crippen LogP contribution in [0.4, 0.5) is 0 Å². The lowest BCUT2D eigenvalue weighted by molar-refractivity contribution is 0.0695. The maximum Gasteiger partial charge on any atom is 0.290 e. The van der Waals surface area contributed by atoms with Crippen LogP contribution in [0.3, 0.4) is 0 Å². The molecule has 0 spiro atoms. The third-order valence-electron chi connectivity index (χ3n) is 4.95. The molecular formula is C22H21NO5. The Morgan fingerprint density at radius 1 is 1.14 bits per heavy atom. The summed E-state index contributed by atoms with van der Waals surface area (Å²) in [5.74, 6) is -0.158. The molecule has 0 saturated heterocycles. The van der Waals surface area contributed by atoms with Crippen LogP contribution >= 0.6 is 0 Å². The molecule has 4 rings (SSSR count). The van der Waals surface area contributed by atoms with Gasteiger partial charge in [0.15, 0.2) is 5.43 Å². The van der Waals surface area contributed by atoms with Crippen molar-refractivity contribution in [2.24, 2.45) is 0 Å². The van der Waals surface area contributed by atoms with Gasteiger partial charge in [0.1, 0.15) is 11.3 Å². The molecule has 1 aromatic heterocycles. The fourth-order valence-electron chi connectivity index (χ4n) is 3.72. The van der Waals surface area contributed by atoms with Gasteiger partial charge in [0, 0.05) is 19.8 Å². The highest BCUT2D eigenvalue weighted by Gasteiger charge is 2.42. The Morgan fingerprint density at radius 2 is 1.96 bits per heavy atom. The summed E-state index contributed by atoms with van der Waals surface area (Å²) in [4.78, 5) is 28.0. The van der Waals surface area contributed by atoms with Crippen molar-refractivity contribution < 1.29 is 19.1 Å². The van der Waals surface area contributed by atoms with Crippen LogP contribution in [-0.2, 0) is 4.74 Å². The van der Waals surface area contributed by atoms with Gasteiger partial charge in [-0.2, -0.15) is 0 Å². The Morgan fingerprint density at radius 3 is 2.75 bits per heavy atom. The van der Waals surface area contributed by atoms with E-state index in [0.29, 0.717) is 48.3 Å². The molecule has 0 saturated carbocycles. The highest BCUT2D eigenvalue weighted by Crippen LogP contribution is 2.38. The number of phenols is 1. The first-order valence-corrected chi connectivity index (χ1v) is 9.35. The van der Waals surface area contributed by atoms with Crippen LogP contribution < -0.4 is 5.43 Å². The lowest BCUT2D eigenvalue weighted by atomic mass is 9.98. The molecule has 1 atom stereocenters. The fourth-order valence-corrected chi connectivity index (χ4v) is 3.72. The first kappa shape index (κ1) is 18.3. The molecule has 3 aromatic rings. The Kier molecular flexibility index (Phi) is 4.88. The Bertz CT molecular complexity index is 1090. The summed E-state index contributed by atoms with van der Waals surface area (Å²) in [6, 6.07) is 13.0. The van der Waals surface area contributed by atoms with Gasteiger partial charge in [-0.15, -0.1) is 0 Å². The minimum absolute atomic E-state index is 0.0773. The van der Waals surface area contributed by atoms with Crippen molar-refractivity contribution in [3.05, 3.63) is 75.6 Å². The number of benzene rings is 2. The van der Waals surface area contributed by atoms with Crippen LogP contribution in [0.1, 0.15) is 41.1 Å². The van der Waals surface area contributed by atoms with Gasteiger partial charge in [0.2, 0.25) is 5.76 Å². The molecule has 0 bridgehead atoms. The van der Waals surface area contributed by atoms with Crippen molar-refractivity contribution in [3.8, 4) is 5.75 Å². The molecule has 0 radical (unpaired) electrons. The van der Waals surface area contributed by atoms with Gasteiger partial charge in [-0.05, 0) is 43.2 Å². The quantitative estimate of drug-likeness (QED) is 0.664. The summed E-state index contributed by atoms with van der Waals surface area (Å²) in [7, 11) is 0. The van der Waals surface area contributed by atoms with Crippen molar-refractivity contribution in [2.45, 2.75) is 19.4 Å². The van der Waals surface area contributed by atoms with Gasteiger partial charge in [-0.25, -0.2) is 0 Å². The maximum atomic E-state index is 13.2. The molecule has 0 aliphatic carbocycles. The summed E-state index contributed by atoms with van der Waals surface area (Å²) in [6.07, 6.45) is 0.636. The molecule has 1 unspecified atom stereocenters. The lowest BCUT2D eigenvalue weighted by Crippen LogP contribution is -2.31. The zero-order valence-corrected chi connectivity index (χ0v) is 15.6. The SMILES string of the molecule is CCOCCCN1C(=O)c2oc3ccccc3c(=O)c2C1c1cccc(O)c1. The second kappa shape index (κ2) is 7.48. The molecule has 6 nitrogen and oxygen atoms in total. The molecule has 144 valence electrons. The van der Waals surface area contributed by atoms with Crippen molar-refractivity contribution in [2.75, 3.05) is 19.8 Å². The number of phenolic OH excluding ortho intramolecular Hbond substituents is 1. The number of hydrogen-bond donors (Lipinski definition) is 1. The monoisotopic (exact) mass is 379 g/mol. The van der Waals surface area contributed by atoms with Crippen LogP contribution in [0, 0.1) is 0 Å². The smallest absolute Gasteiger partial charge is 0.290 e. The highest BCUT2D eigenvalue weighted by molar-refractivity contribution is 5.99. The van der Waals surface area contributed by atoms with Crippen LogP contribution in [0.2, 0.25) is 0 Å². The average Bonchev–Trinajstić information content (AvgIpc) is 2.98. The number of rotatable bonds is 6. The third-order valence-corrected chi connectivity index (χ3v) is 4.95. The van der Waals surface area contributed by atoms with E-state index in [0.717, 1.165) is 0 Å². The van der Waals surface area contributed by atoms with Gasteiger partial charge in [0.25, 0.3) is 5.91 Å². The number of carbonyl (C=O) groups is 1. The zero-order valence-electron chi connectivity index (χ0n) is 15.6. The van der Waals surface area contributed by atoms with Gasteiger partial charge in [0.05, 0.1) is 17.0 Å². The summed E-state index contributed by atoms with van der Waals surface area (Å²) in [5, 5.41) is 10.4. The number of carbonyl (C=O) groups excluding carboxylic acids is 1. The fraction of sp³-hybridized carbons (Fsp3) is 0.273. The molecule has 1 N–H and O–H groups in total. The molecule has 2 aromatic carbocycles. The Labute approximate surface area is 162 Å². The normalized spacial score (nSPS) is 16.0. The number of fused-ring (bicyclic) bond motifs is 2. The number of aromatic hydroxyl groups is 1. The predicted molar refractivity (Wildman–Crippen MR) is 105 cm³/mol. The van der Waals surface area contributed by atoms with E-state index in [9.17, 15) is 14.7 Å². The summed E-state index contributed by atoms with van der Waals surface area (Å²) in [5.41, 5.74) is 1.17. The van der Waals surface area contributed by atoms with Crippen molar-refractivity contribution in [3.63, 3.8) is 0 Å². The first-order valence-electron chi connectivity index (χ1n) is 9.35. The van der Waals surface area contributed by atoms with Crippen LogP contribution in [0.5, 0.6) is 5.75 Å². The number of ether oxygens (including phenoxy) is 1. The average molecular weight is 379 g/mol. The van der Waals surface area contributed by atoms with Crippen molar-refractivity contribution in [1.29, 1.82) is 0 Å². The molecule has 1 amide bonds. The van der Waals surface area contributed by atoms with Crippen LogP contribution in [0.15, 0.2) is 57.7 Å². The first-order chi connectivity index (χ1) is 13.6. The van der Waals surface area contributed by atoms with E-state index in [4.69, 9.17) is 9.15 Å². The highest BCUT2D eigenvalue weighted by atomic mass is 16.5. The van der Waals surface area contributed by atoms with E-state index in [-0.39, 0.29) is 22.8 Å². The van der Waals surface area contributed by atoms with Gasteiger partial charge >= 0.3 is 0 Å². The molecule has 28 heavy (non-hydrogen) atoms. The topological polar surface area (TPSA) is 80.0 Å². The molecular weight excluding hydrogens is 358 g/mol. The van der Waals surface area contributed by atoms with E-state index in [1.54, 1.807) is 53.4 Å². The van der Waals surface area contributed by atoms with E-state index < -0.39 is 6.04 Å². The zero-order chi connectivity index (χ0) is 19.7. The van der Waals surface area contributed by atoms with Crippen LogP contribution in [0.25, 0.3) is 11.0 Å². The minimum atomic E-state index is -0.600. The summed E-state index contributed by atoms with van der Waals surface area (Å²) >= 11 is 0. The standard InChI is InChI=1S/C22H21NO5/c1-2-27-12-6-11-23-19(14-7-5-8-15(24)13-14)18-20(25)16-9-3-4-10-17(16)28-21(18)22(23)26/h3-5,7-10,13,19,24H,2,6,11-12H2,1H3. The summed E-state index contributed by atoms with van der Waals surface area (Å²) in [6.45, 7) is 3.46. The number of hydrogen-bond acceptors (Lipinski definition) is 5. The molecule has 0 fully saturated rings. The molecule has 6 heteroatoms. The lowest BCUT2D eigenvalue weighted by Gasteiger charge is -2.25. The Balaban J connectivity index is 1.85. The predicted octanol–water partition coefficient (Wildman–Crippen LogP) is 3.47. The Hall–Kier alpha value is -3.12. The van der Waals surface area contributed by atoms with E-state index in [2.05, 4.69) is 0 Å². The summed E-state index contributed by atoms with van der Waals surface area (Å²) < 4.78 is 11.2. The van der Waals surface area contributed by atoms with Gasteiger partial charge < -0.3 is 19.2 Å². The van der Waals surface area contributed by atoms with Gasteiger partial charge in [-0.1, -0.05) is 24.3 Å². The van der Waals surface area contributed by atoms with E-state index >= 15 is 0 Å². The largest absolute Gasteiger partial charge is 0.508 e. The van der Waals surface area contributed by atoms with Crippen molar-refractivity contribution >= 4 is 16.9 Å². The van der Waals surface area contributed by atoms with E-state index in [1.165, 1.54) is 0 Å². The number of para-hydroxylation sites is 1. The van der Waals surface area contributed by atoms with E-state index in [1.807, 2.05) is 6.92 Å². The molecule has 1 aliphatic heterocycles. The molecule has 2 heterocycles. The second-order valence-electron chi connectivity index (χ2n) is 6.72. The van der Waals surface area contributed by atoms with Crippen LogP contribution in [-0.4, -0.2) is 35.7 Å². The maximum absolute atomic E-state index is 13.2.